The van der Waals surface area contributed by atoms with Gasteiger partial charge in [-0.3, -0.25) is 4.79 Å². The number of carbonyl (C=O) groups excluding carboxylic acids is 1. The minimum absolute atomic E-state index is 0.117. The Morgan fingerprint density at radius 1 is 1.38 bits per heavy atom. The summed E-state index contributed by atoms with van der Waals surface area (Å²) in [6.45, 7) is 5.33. The van der Waals surface area contributed by atoms with Crippen molar-refractivity contribution in [2.75, 3.05) is 39.4 Å². The van der Waals surface area contributed by atoms with Gasteiger partial charge in [-0.25, -0.2) is 9.07 Å². The zero-order chi connectivity index (χ0) is 18.4. The van der Waals surface area contributed by atoms with Crippen LogP contribution in [0.5, 0.6) is 0 Å². The van der Waals surface area contributed by atoms with Crippen LogP contribution < -0.4 is 10.2 Å². The molecule has 0 saturated carbocycles. The molecule has 0 aliphatic carbocycles. The summed E-state index contributed by atoms with van der Waals surface area (Å²) in [7, 11) is 0. The van der Waals surface area contributed by atoms with Crippen molar-refractivity contribution in [1.82, 2.24) is 20.3 Å². The predicted octanol–water partition coefficient (Wildman–Crippen LogP) is 0.154. The van der Waals surface area contributed by atoms with E-state index in [0.29, 0.717) is 17.1 Å². The Bertz CT molecular complexity index is 728. The number of nitrogens with zero attached hydrogens (tertiary/aromatic N) is 3. The third-order valence-corrected chi connectivity index (χ3v) is 4.70. The second-order valence-electron chi connectivity index (χ2n) is 6.22. The summed E-state index contributed by atoms with van der Waals surface area (Å²) < 4.78 is 20.5. The number of ether oxygens (including phenoxy) is 1. The van der Waals surface area contributed by atoms with E-state index < -0.39 is 5.82 Å². The molecule has 0 bridgehead atoms. The van der Waals surface area contributed by atoms with Gasteiger partial charge in [-0.15, -0.1) is 5.10 Å². The fraction of sp³-hybridized carbons (Fsp3) is 0.471. The van der Waals surface area contributed by atoms with E-state index in [-0.39, 0.29) is 18.1 Å². The van der Waals surface area contributed by atoms with Crippen molar-refractivity contribution in [1.29, 1.82) is 0 Å². The van der Waals surface area contributed by atoms with Crippen molar-refractivity contribution in [3.05, 3.63) is 46.5 Å². The van der Waals surface area contributed by atoms with Gasteiger partial charge < -0.3 is 15.0 Å². The fourth-order valence-corrected chi connectivity index (χ4v) is 3.09. The molecule has 9 heteroatoms. The molecule has 0 atom stereocenters. The summed E-state index contributed by atoms with van der Waals surface area (Å²) in [4.78, 5) is 13.6. The monoisotopic (exact) mass is 382 g/mol. The number of hydrogen-bond acceptors (Lipinski definition) is 4. The molecule has 7 nitrogen and oxygen atoms in total. The van der Waals surface area contributed by atoms with Gasteiger partial charge in [-0.1, -0.05) is 22.9 Å². The van der Waals surface area contributed by atoms with Crippen LogP contribution in [0.4, 0.5) is 4.39 Å². The van der Waals surface area contributed by atoms with Gasteiger partial charge in [0.2, 0.25) is 0 Å². The highest BCUT2D eigenvalue weighted by Gasteiger charge is 2.15. The summed E-state index contributed by atoms with van der Waals surface area (Å²) in [5, 5.41) is 10.9. The average molecular weight is 383 g/mol. The minimum atomic E-state index is -0.412. The number of carbonyl (C=O) groups is 1. The van der Waals surface area contributed by atoms with E-state index in [0.717, 1.165) is 39.3 Å². The van der Waals surface area contributed by atoms with Crippen LogP contribution in [0.15, 0.2) is 24.4 Å². The van der Waals surface area contributed by atoms with E-state index in [2.05, 4.69) is 15.6 Å². The van der Waals surface area contributed by atoms with Crippen molar-refractivity contribution in [3.63, 3.8) is 0 Å². The maximum absolute atomic E-state index is 13.8. The summed E-state index contributed by atoms with van der Waals surface area (Å²) >= 11 is 6.01. The Balaban J connectivity index is 1.47. The van der Waals surface area contributed by atoms with E-state index >= 15 is 0 Å². The Morgan fingerprint density at radius 3 is 2.96 bits per heavy atom. The van der Waals surface area contributed by atoms with Crippen molar-refractivity contribution in [2.45, 2.75) is 13.0 Å². The molecule has 3 rings (SSSR count). The van der Waals surface area contributed by atoms with E-state index in [4.69, 9.17) is 16.3 Å². The topological polar surface area (TPSA) is 73.5 Å². The third kappa shape index (κ3) is 5.00. The van der Waals surface area contributed by atoms with Crippen LogP contribution in [-0.4, -0.2) is 60.3 Å². The van der Waals surface area contributed by atoms with Crippen molar-refractivity contribution in [2.24, 2.45) is 0 Å². The zero-order valence-electron chi connectivity index (χ0n) is 14.4. The van der Waals surface area contributed by atoms with Crippen molar-refractivity contribution < 1.29 is 18.8 Å². The molecule has 2 N–H and O–H groups in total. The van der Waals surface area contributed by atoms with Gasteiger partial charge in [-0.2, -0.15) is 0 Å². The van der Waals surface area contributed by atoms with E-state index in [1.165, 1.54) is 21.8 Å². The van der Waals surface area contributed by atoms with Crippen LogP contribution in [0.25, 0.3) is 0 Å². The number of halogens is 2. The maximum Gasteiger partial charge on any atom is 0.273 e. The first kappa shape index (κ1) is 18.8. The van der Waals surface area contributed by atoms with Crippen LogP contribution in [-0.2, 0) is 11.3 Å². The summed E-state index contributed by atoms with van der Waals surface area (Å²) in [6.07, 6.45) is 2.38. The molecule has 2 aromatic rings. The molecule has 1 saturated heterocycles. The average Bonchev–Trinajstić information content (AvgIpc) is 3.11. The van der Waals surface area contributed by atoms with E-state index in [9.17, 15) is 9.18 Å². The molecule has 26 heavy (non-hydrogen) atoms. The lowest BCUT2D eigenvalue weighted by Gasteiger charge is -2.23. The van der Waals surface area contributed by atoms with E-state index in [1.807, 2.05) is 0 Å². The first-order chi connectivity index (χ1) is 12.6. The number of nitrogens with one attached hydrogen (secondary N) is 2. The standard InChI is InChI=1S/C17H21ClFN5O2/c18-14-3-1-4-15(19)13(14)11-24-12-16(21-22-24)17(25)20-5-2-6-23-7-9-26-10-8-23/h1,3-4,12H,2,5-11H2,(H,20,25)/p+1. The quantitative estimate of drug-likeness (QED) is 0.669. The molecule has 140 valence electrons. The van der Waals surface area contributed by atoms with Gasteiger partial charge in [0.15, 0.2) is 5.69 Å². The van der Waals surface area contributed by atoms with Gasteiger partial charge in [0.05, 0.1) is 32.5 Å². The molecular formula is C17H22ClFN5O2+. The highest BCUT2D eigenvalue weighted by Crippen LogP contribution is 2.19. The molecular weight excluding hydrogens is 361 g/mol. The second kappa shape index (κ2) is 9.07. The Morgan fingerprint density at radius 2 is 2.19 bits per heavy atom. The maximum atomic E-state index is 13.8. The molecule has 1 aromatic heterocycles. The van der Waals surface area contributed by atoms with Gasteiger partial charge in [0.1, 0.15) is 18.9 Å². The Kier molecular flexibility index (Phi) is 6.54. The van der Waals surface area contributed by atoms with Crippen molar-refractivity contribution in [3.8, 4) is 0 Å². The number of morpholine rings is 1. The molecule has 1 amide bonds. The summed E-state index contributed by atoms with van der Waals surface area (Å²) in [5.41, 5.74) is 0.524. The third-order valence-electron chi connectivity index (χ3n) is 4.35. The number of benzene rings is 1. The second-order valence-corrected chi connectivity index (χ2v) is 6.63. The van der Waals surface area contributed by atoms with Crippen molar-refractivity contribution >= 4 is 17.5 Å². The number of rotatable bonds is 7. The Labute approximate surface area is 156 Å². The van der Waals surface area contributed by atoms with Gasteiger partial charge in [0.25, 0.3) is 5.91 Å². The lowest BCUT2D eigenvalue weighted by molar-refractivity contribution is -0.908. The fourth-order valence-electron chi connectivity index (χ4n) is 2.87. The van der Waals surface area contributed by atoms with Crippen LogP contribution in [0.3, 0.4) is 0 Å². The highest BCUT2D eigenvalue weighted by atomic mass is 35.5. The lowest BCUT2D eigenvalue weighted by atomic mass is 10.2. The van der Waals surface area contributed by atoms with Crippen LogP contribution in [0, 0.1) is 5.82 Å². The minimum Gasteiger partial charge on any atom is -0.370 e. The number of hydrogen-bond donors (Lipinski definition) is 2. The summed E-state index contributed by atoms with van der Waals surface area (Å²) in [6, 6.07) is 4.49. The zero-order valence-corrected chi connectivity index (χ0v) is 15.1. The lowest BCUT2D eigenvalue weighted by Crippen LogP contribution is -3.14. The molecule has 1 aromatic carbocycles. The van der Waals surface area contributed by atoms with Gasteiger partial charge >= 0.3 is 0 Å². The summed E-state index contributed by atoms with van der Waals surface area (Å²) in [5.74, 6) is -0.697. The molecule has 0 spiro atoms. The molecule has 1 aliphatic heterocycles. The smallest absolute Gasteiger partial charge is 0.273 e. The van der Waals surface area contributed by atoms with Gasteiger partial charge in [0, 0.05) is 23.6 Å². The Hall–Kier alpha value is -2.03. The number of quaternary nitrogens is 1. The number of aromatic nitrogens is 3. The van der Waals surface area contributed by atoms with Crippen LogP contribution in [0.2, 0.25) is 5.02 Å². The SMILES string of the molecule is O=C(NCCC[NH+]1CCOCC1)c1cn(Cc2c(F)cccc2Cl)nn1. The molecule has 0 unspecified atom stereocenters. The highest BCUT2D eigenvalue weighted by molar-refractivity contribution is 6.31. The molecule has 0 radical (unpaired) electrons. The van der Waals surface area contributed by atoms with Crippen LogP contribution >= 0.6 is 11.6 Å². The predicted molar refractivity (Wildman–Crippen MR) is 93.9 cm³/mol. The van der Waals surface area contributed by atoms with Crippen LogP contribution in [0.1, 0.15) is 22.5 Å². The number of amides is 1. The van der Waals surface area contributed by atoms with Gasteiger partial charge in [-0.05, 0) is 12.1 Å². The first-order valence-corrected chi connectivity index (χ1v) is 9.04. The normalized spacial score (nSPS) is 15.2. The molecule has 2 heterocycles. The largest absolute Gasteiger partial charge is 0.370 e. The molecule has 1 fully saturated rings. The molecule has 1 aliphatic rings. The van der Waals surface area contributed by atoms with E-state index in [1.54, 1.807) is 12.1 Å². The first-order valence-electron chi connectivity index (χ1n) is 8.66.